The van der Waals surface area contributed by atoms with Gasteiger partial charge in [0.25, 0.3) is 0 Å². The third kappa shape index (κ3) is 11.8. The maximum Gasteiger partial charge on any atom is 0.240 e. The van der Waals surface area contributed by atoms with E-state index in [0.29, 0.717) is 32.0 Å². The highest BCUT2D eigenvalue weighted by atomic mass is 32.2. The monoisotopic (exact) mass is 530 g/mol. The van der Waals surface area contributed by atoms with Crippen LogP contribution in [-0.2, 0) is 14.8 Å². The minimum absolute atomic E-state index is 0.172. The van der Waals surface area contributed by atoms with Crippen molar-refractivity contribution < 1.29 is 17.6 Å². The Balaban J connectivity index is 1.72. The van der Waals surface area contributed by atoms with Gasteiger partial charge in [-0.15, -0.1) is 0 Å². The third-order valence-electron chi connectivity index (χ3n) is 5.51. The average Bonchev–Trinajstić information content (AvgIpc) is 2.87. The van der Waals surface area contributed by atoms with Crippen LogP contribution in [0.4, 0.5) is 17.1 Å². The van der Waals surface area contributed by atoms with Gasteiger partial charge in [0, 0.05) is 39.3 Å². The second-order valence-electron chi connectivity index (χ2n) is 9.31. The van der Waals surface area contributed by atoms with Gasteiger partial charge in [0.05, 0.1) is 62.7 Å². The second kappa shape index (κ2) is 15.3. The van der Waals surface area contributed by atoms with Crippen LogP contribution in [0.5, 0.6) is 0 Å². The van der Waals surface area contributed by atoms with Gasteiger partial charge in [0.15, 0.2) is 0 Å². The number of ether oxygens (including phenoxy) is 1. The van der Waals surface area contributed by atoms with Gasteiger partial charge in [-0.2, -0.15) is 10.2 Å². The van der Waals surface area contributed by atoms with Crippen LogP contribution in [0.25, 0.3) is 0 Å². The molecule has 0 bridgehead atoms. The van der Waals surface area contributed by atoms with Crippen LogP contribution in [0.15, 0.2) is 73.6 Å². The van der Waals surface area contributed by atoms with E-state index < -0.39 is 10.0 Å². The van der Waals surface area contributed by atoms with Crippen LogP contribution >= 0.6 is 0 Å². The quantitative estimate of drug-likeness (QED) is 0.152. The van der Waals surface area contributed by atoms with Gasteiger partial charge in [-0.05, 0) is 55.5 Å². The van der Waals surface area contributed by atoms with Crippen molar-refractivity contribution in [3.63, 3.8) is 0 Å². The number of nitrogens with one attached hydrogen (secondary N) is 1. The van der Waals surface area contributed by atoms with Crippen LogP contribution in [0, 0.1) is 0 Å². The summed E-state index contributed by atoms with van der Waals surface area (Å²) >= 11 is 0. The van der Waals surface area contributed by atoms with Crippen LogP contribution < -0.4 is 9.62 Å². The number of quaternary nitrogens is 1. The minimum Gasteiger partial charge on any atom is -0.378 e. The van der Waals surface area contributed by atoms with Gasteiger partial charge in [-0.1, -0.05) is 0 Å². The van der Waals surface area contributed by atoms with Gasteiger partial charge in [-0.3, -0.25) is 0 Å². The Morgan fingerprint density at radius 3 is 2.14 bits per heavy atom. The fourth-order valence-corrected chi connectivity index (χ4v) is 4.24. The molecule has 10 nitrogen and oxygen atoms in total. The summed E-state index contributed by atoms with van der Waals surface area (Å²) in [5, 5.41) is 8.39. The Bertz CT molecular complexity index is 1140. The molecular weight excluding hydrogens is 490 g/mol. The van der Waals surface area contributed by atoms with E-state index in [-0.39, 0.29) is 11.4 Å². The summed E-state index contributed by atoms with van der Waals surface area (Å²) in [6, 6.07) is 16.7. The number of rotatable bonds is 16. The zero-order chi connectivity index (χ0) is 27.2. The Labute approximate surface area is 221 Å². The fourth-order valence-electron chi connectivity index (χ4n) is 3.23. The van der Waals surface area contributed by atoms with Gasteiger partial charge >= 0.3 is 0 Å². The number of hydrogen-bond donors (Lipinski definition) is 1. The molecule has 0 aromatic heterocycles. The fraction of sp³-hybridized carbons (Fsp3) is 0.500. The van der Waals surface area contributed by atoms with E-state index in [4.69, 9.17) is 4.74 Å². The van der Waals surface area contributed by atoms with E-state index in [9.17, 15) is 8.42 Å². The summed E-state index contributed by atoms with van der Waals surface area (Å²) < 4.78 is 34.2. The van der Waals surface area contributed by atoms with Gasteiger partial charge < -0.3 is 14.1 Å². The largest absolute Gasteiger partial charge is 0.378 e. The molecule has 0 saturated carbocycles. The summed E-state index contributed by atoms with van der Waals surface area (Å²) in [6.45, 7) is 6.20. The van der Waals surface area contributed by atoms with E-state index in [1.807, 2.05) is 50.2 Å². The summed E-state index contributed by atoms with van der Waals surface area (Å²) in [5.41, 5.74) is 2.36. The van der Waals surface area contributed by atoms with Crippen LogP contribution in [0.1, 0.15) is 13.3 Å². The maximum atomic E-state index is 12.6. The Kier molecular flexibility index (Phi) is 12.5. The summed E-state index contributed by atoms with van der Waals surface area (Å²) in [6.07, 6.45) is 0.947. The molecule has 2 rings (SSSR count). The predicted octanol–water partition coefficient (Wildman–Crippen LogP) is 4.12. The van der Waals surface area contributed by atoms with E-state index in [0.717, 1.165) is 35.4 Å². The highest BCUT2D eigenvalue weighted by Gasteiger charge is 2.15. The SMILES string of the molecule is CCN=C=NCCC[N+](C)(C)CCOCCNS(=O)(=O)c1ccc(/N=N/c2ccc(N(C)C)cc2)cc1. The van der Waals surface area contributed by atoms with Gasteiger partial charge in [-0.25, -0.2) is 23.1 Å². The lowest BCUT2D eigenvalue weighted by atomic mass is 10.3. The van der Waals surface area contributed by atoms with E-state index in [1.165, 1.54) is 12.1 Å². The van der Waals surface area contributed by atoms with Gasteiger partial charge in [0.1, 0.15) is 6.54 Å². The van der Waals surface area contributed by atoms with Crippen molar-refractivity contribution in [2.75, 3.05) is 79.0 Å². The molecule has 2 aromatic carbocycles. The van der Waals surface area contributed by atoms with Crippen molar-refractivity contribution in [3.05, 3.63) is 48.5 Å². The molecule has 37 heavy (non-hydrogen) atoms. The van der Waals surface area contributed by atoms with Crippen LogP contribution in [0.2, 0.25) is 0 Å². The maximum absolute atomic E-state index is 12.6. The van der Waals surface area contributed by atoms with E-state index >= 15 is 0 Å². The van der Waals surface area contributed by atoms with Crippen molar-refractivity contribution in [1.29, 1.82) is 0 Å². The number of nitrogens with zero attached hydrogens (tertiary/aromatic N) is 6. The smallest absolute Gasteiger partial charge is 0.240 e. The zero-order valence-corrected chi connectivity index (χ0v) is 23.4. The standard InChI is InChI=1S/C26H40N7O3S/c1-6-27-22-28-16-7-18-33(4,5)19-21-36-20-17-29-37(34,35)26-14-10-24(11-15-26)31-30-23-8-12-25(13-9-23)32(2)3/h8-15,29H,6-7,16-21H2,1-5H3/q+1/b31-30+. The number of anilines is 1. The predicted molar refractivity (Wildman–Crippen MR) is 149 cm³/mol. The Morgan fingerprint density at radius 2 is 1.54 bits per heavy atom. The van der Waals surface area contributed by atoms with Gasteiger partial charge in [0.2, 0.25) is 10.0 Å². The number of sulfonamides is 1. The lowest BCUT2D eigenvalue weighted by Crippen LogP contribution is -2.43. The third-order valence-corrected chi connectivity index (χ3v) is 6.98. The van der Waals surface area contributed by atoms with Crippen molar-refractivity contribution in [2.24, 2.45) is 20.2 Å². The molecule has 0 aliphatic heterocycles. The Hall–Kier alpha value is -2.95. The average molecular weight is 531 g/mol. The highest BCUT2D eigenvalue weighted by molar-refractivity contribution is 7.89. The first-order valence-electron chi connectivity index (χ1n) is 12.4. The van der Waals surface area contributed by atoms with Crippen LogP contribution in [0.3, 0.4) is 0 Å². The first-order valence-corrected chi connectivity index (χ1v) is 13.9. The molecule has 202 valence electrons. The minimum atomic E-state index is -3.63. The van der Waals surface area contributed by atoms with Crippen molar-refractivity contribution in [3.8, 4) is 0 Å². The second-order valence-corrected chi connectivity index (χ2v) is 11.1. The molecule has 2 aromatic rings. The van der Waals surface area contributed by atoms with Crippen molar-refractivity contribution in [2.45, 2.75) is 18.2 Å². The van der Waals surface area contributed by atoms with Crippen LogP contribution in [-0.4, -0.2) is 93.0 Å². The normalized spacial score (nSPS) is 11.9. The molecule has 0 fully saturated rings. The Morgan fingerprint density at radius 1 is 0.919 bits per heavy atom. The zero-order valence-electron chi connectivity index (χ0n) is 22.6. The lowest BCUT2D eigenvalue weighted by molar-refractivity contribution is -0.890. The molecule has 0 radical (unpaired) electrons. The van der Waals surface area contributed by atoms with E-state index in [2.05, 4.69) is 45.0 Å². The molecule has 0 aliphatic rings. The number of azo groups is 1. The first kappa shape index (κ1) is 30.3. The lowest BCUT2D eigenvalue weighted by Gasteiger charge is -2.29. The summed E-state index contributed by atoms with van der Waals surface area (Å²) in [5.74, 6) is 0. The number of aliphatic imine (C=N–C) groups is 2. The molecular formula is C26H40N7O3S+. The molecule has 11 heteroatoms. The highest BCUT2D eigenvalue weighted by Crippen LogP contribution is 2.22. The molecule has 0 spiro atoms. The molecule has 0 unspecified atom stereocenters. The summed E-state index contributed by atoms with van der Waals surface area (Å²) in [4.78, 5) is 10.3. The molecule has 0 heterocycles. The molecule has 0 amide bonds. The molecule has 1 N–H and O–H groups in total. The van der Waals surface area contributed by atoms with Crippen molar-refractivity contribution in [1.82, 2.24) is 4.72 Å². The number of likely N-dealkylation sites (N-methyl/N-ethyl adjacent to an activating group) is 1. The molecule has 0 atom stereocenters. The number of benzene rings is 2. The van der Waals surface area contributed by atoms with Crippen molar-refractivity contribution >= 4 is 33.1 Å². The first-order chi connectivity index (χ1) is 17.6. The topological polar surface area (TPSA) is 108 Å². The number of hydrogen-bond acceptors (Lipinski definition) is 8. The summed E-state index contributed by atoms with van der Waals surface area (Å²) in [7, 11) is 4.59. The van der Waals surface area contributed by atoms with E-state index in [1.54, 1.807) is 12.1 Å². The molecule has 0 aliphatic carbocycles. The molecule has 0 saturated heterocycles.